The number of Topliss-reactive ketones (excluding diaryl/α,β-unsaturated/α-hetero) is 1. The Hall–Kier alpha value is -3.08. The minimum absolute atomic E-state index is 0.0494. The number of ketones is 1. The van der Waals surface area contributed by atoms with Gasteiger partial charge >= 0.3 is 0 Å². The summed E-state index contributed by atoms with van der Waals surface area (Å²) in [5.74, 6) is 1.37. The van der Waals surface area contributed by atoms with Crippen molar-refractivity contribution in [2.45, 2.75) is 38.0 Å². The summed E-state index contributed by atoms with van der Waals surface area (Å²) in [4.78, 5) is 25.7. The molecule has 5 nitrogen and oxygen atoms in total. The largest absolute Gasteiger partial charge is 0.497 e. The van der Waals surface area contributed by atoms with Crippen molar-refractivity contribution in [1.82, 2.24) is 5.32 Å². The Kier molecular flexibility index (Phi) is 5.38. The molecule has 2 aromatic rings. The fourth-order valence-electron chi connectivity index (χ4n) is 4.39. The van der Waals surface area contributed by atoms with E-state index in [9.17, 15) is 9.59 Å². The first-order chi connectivity index (χ1) is 14.1. The summed E-state index contributed by atoms with van der Waals surface area (Å²) in [6.45, 7) is 2.47. The number of para-hydroxylation sites is 1. The molecule has 29 heavy (non-hydrogen) atoms. The van der Waals surface area contributed by atoms with Crippen molar-refractivity contribution in [2.24, 2.45) is 0 Å². The Labute approximate surface area is 170 Å². The van der Waals surface area contributed by atoms with Crippen LogP contribution in [0.3, 0.4) is 0 Å². The highest BCUT2D eigenvalue weighted by Gasteiger charge is 2.39. The van der Waals surface area contributed by atoms with Gasteiger partial charge in [0.25, 0.3) is 0 Å². The zero-order chi connectivity index (χ0) is 20.4. The van der Waals surface area contributed by atoms with Crippen LogP contribution in [0.1, 0.15) is 49.1 Å². The molecule has 150 valence electrons. The molecule has 1 heterocycles. The van der Waals surface area contributed by atoms with E-state index < -0.39 is 0 Å². The Balaban J connectivity index is 1.69. The SMILES string of the molecule is CCOc1ccccc1[C@H]1CC(=O)NC2=C1C(=O)C[C@@H](c1ccc(OC)cc1)C2. The first kappa shape index (κ1) is 19.2. The zero-order valence-electron chi connectivity index (χ0n) is 16.7. The number of hydrogen-bond donors (Lipinski definition) is 1. The number of ether oxygens (including phenoxy) is 2. The van der Waals surface area contributed by atoms with Gasteiger partial charge in [-0.15, -0.1) is 0 Å². The average molecular weight is 391 g/mol. The van der Waals surface area contributed by atoms with Crippen LogP contribution in [-0.4, -0.2) is 25.4 Å². The average Bonchev–Trinajstić information content (AvgIpc) is 2.73. The molecule has 0 saturated carbocycles. The second-order valence-electron chi connectivity index (χ2n) is 7.47. The van der Waals surface area contributed by atoms with Crippen LogP contribution < -0.4 is 14.8 Å². The molecule has 2 aromatic carbocycles. The van der Waals surface area contributed by atoms with Gasteiger partial charge < -0.3 is 14.8 Å². The summed E-state index contributed by atoms with van der Waals surface area (Å²) in [6.07, 6.45) is 1.35. The molecular weight excluding hydrogens is 366 g/mol. The van der Waals surface area contributed by atoms with Gasteiger partial charge in [-0.3, -0.25) is 9.59 Å². The molecule has 0 radical (unpaired) electrons. The predicted octanol–water partition coefficient (Wildman–Crippen LogP) is 4.10. The molecule has 0 aromatic heterocycles. The van der Waals surface area contributed by atoms with Crippen molar-refractivity contribution in [3.05, 3.63) is 70.9 Å². The lowest BCUT2D eigenvalue weighted by Gasteiger charge is -2.35. The van der Waals surface area contributed by atoms with Crippen molar-refractivity contribution < 1.29 is 19.1 Å². The first-order valence-corrected chi connectivity index (χ1v) is 10.0. The topological polar surface area (TPSA) is 64.6 Å². The molecule has 1 amide bonds. The third-order valence-corrected chi connectivity index (χ3v) is 5.72. The van der Waals surface area contributed by atoms with E-state index in [-0.39, 0.29) is 29.9 Å². The standard InChI is InChI=1S/C24H25NO4/c1-3-29-22-7-5-4-6-18(22)19-14-23(27)25-20-12-16(13-21(26)24(19)20)15-8-10-17(28-2)11-9-15/h4-11,16,19H,3,12-14H2,1-2H3,(H,25,27)/t16-,19+/m0/s1. The van der Waals surface area contributed by atoms with Gasteiger partial charge in [0, 0.05) is 35.6 Å². The Morgan fingerprint density at radius 3 is 2.48 bits per heavy atom. The summed E-state index contributed by atoms with van der Waals surface area (Å²) in [6, 6.07) is 15.5. The molecule has 1 aliphatic carbocycles. The van der Waals surface area contributed by atoms with Crippen LogP contribution in [0.15, 0.2) is 59.8 Å². The highest BCUT2D eigenvalue weighted by atomic mass is 16.5. The molecule has 0 fully saturated rings. The van der Waals surface area contributed by atoms with Crippen LogP contribution in [0.4, 0.5) is 0 Å². The molecule has 0 saturated heterocycles. The van der Waals surface area contributed by atoms with E-state index in [2.05, 4.69) is 5.32 Å². The van der Waals surface area contributed by atoms with Gasteiger partial charge in [0.2, 0.25) is 5.91 Å². The van der Waals surface area contributed by atoms with Crippen molar-refractivity contribution in [2.75, 3.05) is 13.7 Å². The van der Waals surface area contributed by atoms with E-state index in [0.29, 0.717) is 19.4 Å². The van der Waals surface area contributed by atoms with E-state index in [1.807, 2.05) is 55.5 Å². The molecular formula is C24H25NO4. The molecule has 0 unspecified atom stereocenters. The van der Waals surface area contributed by atoms with Gasteiger partial charge in [-0.05, 0) is 43.0 Å². The molecule has 4 rings (SSSR count). The van der Waals surface area contributed by atoms with E-state index >= 15 is 0 Å². The van der Waals surface area contributed by atoms with Crippen LogP contribution in [0, 0.1) is 0 Å². The maximum atomic E-state index is 13.2. The molecule has 5 heteroatoms. The fourth-order valence-corrected chi connectivity index (χ4v) is 4.39. The van der Waals surface area contributed by atoms with Crippen molar-refractivity contribution in [3.8, 4) is 11.5 Å². The monoisotopic (exact) mass is 391 g/mol. The third kappa shape index (κ3) is 3.77. The van der Waals surface area contributed by atoms with Crippen LogP contribution in [0.2, 0.25) is 0 Å². The Morgan fingerprint density at radius 1 is 1.00 bits per heavy atom. The normalized spacial score (nSPS) is 21.4. The summed E-state index contributed by atoms with van der Waals surface area (Å²) in [5, 5.41) is 2.98. The van der Waals surface area contributed by atoms with Crippen LogP contribution in [0.5, 0.6) is 11.5 Å². The lowest BCUT2D eigenvalue weighted by atomic mass is 9.73. The number of carbonyl (C=O) groups excluding carboxylic acids is 2. The minimum atomic E-state index is -0.259. The van der Waals surface area contributed by atoms with E-state index in [1.54, 1.807) is 7.11 Å². The lowest BCUT2D eigenvalue weighted by molar-refractivity contribution is -0.122. The molecule has 0 bridgehead atoms. The van der Waals surface area contributed by atoms with Crippen molar-refractivity contribution >= 4 is 11.7 Å². The maximum Gasteiger partial charge on any atom is 0.225 e. The highest BCUT2D eigenvalue weighted by Crippen LogP contribution is 2.44. The Morgan fingerprint density at radius 2 is 1.76 bits per heavy atom. The number of rotatable bonds is 5. The number of amides is 1. The van der Waals surface area contributed by atoms with Crippen LogP contribution >= 0.6 is 0 Å². The number of carbonyl (C=O) groups is 2. The van der Waals surface area contributed by atoms with Gasteiger partial charge in [-0.2, -0.15) is 0 Å². The van der Waals surface area contributed by atoms with E-state index in [0.717, 1.165) is 33.9 Å². The minimum Gasteiger partial charge on any atom is -0.497 e. The lowest BCUT2D eigenvalue weighted by Crippen LogP contribution is -2.38. The molecule has 2 atom stereocenters. The van der Waals surface area contributed by atoms with Gasteiger partial charge in [-0.1, -0.05) is 30.3 Å². The quantitative estimate of drug-likeness (QED) is 0.834. The van der Waals surface area contributed by atoms with Gasteiger partial charge in [0.05, 0.1) is 13.7 Å². The second-order valence-corrected chi connectivity index (χ2v) is 7.47. The number of allylic oxidation sites excluding steroid dienone is 2. The molecule has 2 aliphatic rings. The zero-order valence-corrected chi connectivity index (χ0v) is 16.7. The van der Waals surface area contributed by atoms with Gasteiger partial charge in [0.1, 0.15) is 11.5 Å². The number of methoxy groups -OCH3 is 1. The Bertz CT molecular complexity index is 961. The summed E-state index contributed by atoms with van der Waals surface area (Å²) >= 11 is 0. The molecule has 0 spiro atoms. The first-order valence-electron chi connectivity index (χ1n) is 10.0. The number of benzene rings is 2. The summed E-state index contributed by atoms with van der Waals surface area (Å²) in [5.41, 5.74) is 3.49. The van der Waals surface area contributed by atoms with E-state index in [1.165, 1.54) is 0 Å². The highest BCUT2D eigenvalue weighted by molar-refractivity contribution is 6.02. The third-order valence-electron chi connectivity index (χ3n) is 5.72. The van der Waals surface area contributed by atoms with Crippen molar-refractivity contribution in [1.29, 1.82) is 0 Å². The number of nitrogens with one attached hydrogen (secondary N) is 1. The maximum absolute atomic E-state index is 13.2. The van der Waals surface area contributed by atoms with Crippen molar-refractivity contribution in [3.63, 3.8) is 0 Å². The smallest absolute Gasteiger partial charge is 0.225 e. The van der Waals surface area contributed by atoms with Gasteiger partial charge in [0.15, 0.2) is 5.78 Å². The van der Waals surface area contributed by atoms with Crippen LogP contribution in [0.25, 0.3) is 0 Å². The van der Waals surface area contributed by atoms with E-state index in [4.69, 9.17) is 9.47 Å². The summed E-state index contributed by atoms with van der Waals surface area (Å²) in [7, 11) is 1.63. The number of hydrogen-bond acceptors (Lipinski definition) is 4. The molecule has 1 N–H and O–H groups in total. The predicted molar refractivity (Wildman–Crippen MR) is 110 cm³/mol. The second kappa shape index (κ2) is 8.11. The molecule has 1 aliphatic heterocycles. The fraction of sp³-hybridized carbons (Fsp3) is 0.333. The van der Waals surface area contributed by atoms with Gasteiger partial charge in [-0.25, -0.2) is 0 Å². The van der Waals surface area contributed by atoms with Crippen LogP contribution in [-0.2, 0) is 9.59 Å². The summed E-state index contributed by atoms with van der Waals surface area (Å²) < 4.78 is 11.0.